The van der Waals surface area contributed by atoms with Crippen molar-refractivity contribution >= 4 is 23.1 Å². The number of aromatic nitrogens is 2. The topological polar surface area (TPSA) is 76.1 Å². The second-order valence-corrected chi connectivity index (χ2v) is 5.31. The summed E-state index contributed by atoms with van der Waals surface area (Å²) in [4.78, 5) is 21.1. The van der Waals surface area contributed by atoms with Crippen molar-refractivity contribution < 1.29 is 9.53 Å². The quantitative estimate of drug-likeness (QED) is 0.667. The molecule has 2 heterocycles. The summed E-state index contributed by atoms with van der Waals surface area (Å²) in [7, 11) is 1.60. The fourth-order valence-electron chi connectivity index (χ4n) is 2.27. The van der Waals surface area contributed by atoms with Gasteiger partial charge >= 0.3 is 0 Å². The van der Waals surface area contributed by atoms with Crippen LogP contribution in [0.15, 0.2) is 79.3 Å². The highest BCUT2D eigenvalue weighted by Crippen LogP contribution is 2.20. The first-order chi connectivity index (χ1) is 12.8. The van der Waals surface area contributed by atoms with Crippen molar-refractivity contribution in [2.45, 2.75) is 0 Å². The lowest BCUT2D eigenvalue weighted by Crippen LogP contribution is -2.15. The summed E-state index contributed by atoms with van der Waals surface area (Å²) in [5.41, 5.74) is 1.19. The Balaban J connectivity index is 1.88. The fraction of sp³-hybridized carbons (Fsp3) is 0.0500. The van der Waals surface area contributed by atoms with Gasteiger partial charge in [-0.1, -0.05) is 24.3 Å². The number of ether oxygens (including phenoxy) is 1. The van der Waals surface area contributed by atoms with Gasteiger partial charge < -0.3 is 15.4 Å². The summed E-state index contributed by atoms with van der Waals surface area (Å²) in [6.45, 7) is 0. The van der Waals surface area contributed by atoms with Gasteiger partial charge in [-0.2, -0.15) is 0 Å². The van der Waals surface area contributed by atoms with Gasteiger partial charge in [-0.15, -0.1) is 0 Å². The zero-order valence-corrected chi connectivity index (χ0v) is 14.2. The van der Waals surface area contributed by atoms with Crippen LogP contribution in [0.25, 0.3) is 5.57 Å². The van der Waals surface area contributed by atoms with Gasteiger partial charge in [0, 0.05) is 18.6 Å². The Kier molecular flexibility index (Phi) is 5.57. The van der Waals surface area contributed by atoms with Crippen LogP contribution in [0, 0.1) is 0 Å². The number of amides is 1. The molecule has 2 aromatic heterocycles. The van der Waals surface area contributed by atoms with Gasteiger partial charge in [0.1, 0.15) is 17.4 Å². The Labute approximate surface area is 151 Å². The first-order valence-corrected chi connectivity index (χ1v) is 8.01. The van der Waals surface area contributed by atoms with Crippen LogP contribution in [-0.4, -0.2) is 23.0 Å². The zero-order chi connectivity index (χ0) is 18.2. The summed E-state index contributed by atoms with van der Waals surface area (Å²) in [6.07, 6.45) is 4.93. The third kappa shape index (κ3) is 4.45. The Bertz CT molecular complexity index is 879. The van der Waals surface area contributed by atoms with Crippen LogP contribution in [-0.2, 0) is 4.79 Å². The van der Waals surface area contributed by atoms with E-state index in [0.29, 0.717) is 17.2 Å². The molecule has 0 aliphatic heterocycles. The molecule has 0 atom stereocenters. The SMILES string of the molecule is COc1ccc(/C(=C\Nc2ccccn2)C(=O)Nc2ccccn2)cc1. The maximum absolute atomic E-state index is 12.8. The van der Waals surface area contributed by atoms with Gasteiger partial charge in [0.15, 0.2) is 0 Å². The summed E-state index contributed by atoms with van der Waals surface area (Å²) in [5, 5.41) is 5.85. The number of methoxy groups -OCH3 is 1. The molecule has 0 saturated carbocycles. The fourth-order valence-corrected chi connectivity index (χ4v) is 2.27. The van der Waals surface area contributed by atoms with Crippen LogP contribution in [0.5, 0.6) is 5.75 Å². The van der Waals surface area contributed by atoms with Crippen molar-refractivity contribution in [3.05, 3.63) is 84.8 Å². The Hall–Kier alpha value is -3.67. The van der Waals surface area contributed by atoms with E-state index >= 15 is 0 Å². The number of nitrogens with zero attached hydrogens (tertiary/aromatic N) is 2. The molecule has 0 bridgehead atoms. The molecule has 1 aromatic carbocycles. The minimum Gasteiger partial charge on any atom is -0.497 e. The van der Waals surface area contributed by atoms with Gasteiger partial charge in [0.2, 0.25) is 0 Å². The molecular weight excluding hydrogens is 328 g/mol. The lowest BCUT2D eigenvalue weighted by molar-refractivity contribution is -0.111. The Morgan fingerprint density at radius 2 is 1.58 bits per heavy atom. The second-order valence-electron chi connectivity index (χ2n) is 5.31. The molecule has 0 spiro atoms. The van der Waals surface area contributed by atoms with Gasteiger partial charge in [0.05, 0.1) is 12.7 Å². The molecule has 1 amide bonds. The summed E-state index contributed by atoms with van der Waals surface area (Å²) < 4.78 is 5.18. The average Bonchev–Trinajstić information content (AvgIpc) is 2.70. The minimum absolute atomic E-state index is 0.280. The molecule has 130 valence electrons. The molecule has 0 unspecified atom stereocenters. The van der Waals surface area contributed by atoms with E-state index in [1.54, 1.807) is 50.0 Å². The van der Waals surface area contributed by atoms with E-state index in [1.807, 2.05) is 36.4 Å². The molecular formula is C20H18N4O2. The number of hydrogen-bond acceptors (Lipinski definition) is 5. The third-order valence-electron chi connectivity index (χ3n) is 3.58. The van der Waals surface area contributed by atoms with E-state index in [9.17, 15) is 4.79 Å². The number of benzene rings is 1. The van der Waals surface area contributed by atoms with Gasteiger partial charge in [-0.05, 0) is 42.0 Å². The number of rotatable bonds is 6. The van der Waals surface area contributed by atoms with E-state index in [1.165, 1.54) is 0 Å². The third-order valence-corrected chi connectivity index (χ3v) is 3.58. The van der Waals surface area contributed by atoms with Gasteiger partial charge in [0.25, 0.3) is 5.91 Å². The molecule has 26 heavy (non-hydrogen) atoms. The Morgan fingerprint density at radius 3 is 2.15 bits per heavy atom. The van der Waals surface area contributed by atoms with Crippen LogP contribution in [0.2, 0.25) is 0 Å². The monoisotopic (exact) mass is 346 g/mol. The average molecular weight is 346 g/mol. The molecule has 0 radical (unpaired) electrons. The lowest BCUT2D eigenvalue weighted by Gasteiger charge is -2.10. The van der Waals surface area contributed by atoms with Crippen molar-refractivity contribution in [2.75, 3.05) is 17.7 Å². The van der Waals surface area contributed by atoms with Crippen molar-refractivity contribution in [3.8, 4) is 5.75 Å². The van der Waals surface area contributed by atoms with Crippen LogP contribution in [0.1, 0.15) is 5.56 Å². The van der Waals surface area contributed by atoms with Crippen LogP contribution in [0.3, 0.4) is 0 Å². The Morgan fingerprint density at radius 1 is 0.923 bits per heavy atom. The van der Waals surface area contributed by atoms with Gasteiger partial charge in [-0.25, -0.2) is 9.97 Å². The molecule has 0 aliphatic carbocycles. The standard InChI is InChI=1S/C20H18N4O2/c1-26-16-10-8-15(9-11-16)17(14-23-18-6-2-4-12-21-18)20(25)24-19-7-3-5-13-22-19/h2-14H,1H3,(H,21,23)(H,22,24,25)/b17-14+. The highest BCUT2D eigenvalue weighted by Gasteiger charge is 2.13. The molecule has 6 heteroatoms. The number of carbonyl (C=O) groups excluding carboxylic acids is 1. The summed E-state index contributed by atoms with van der Waals surface area (Å²) in [6, 6.07) is 18.1. The predicted molar refractivity (Wildman–Crippen MR) is 102 cm³/mol. The van der Waals surface area contributed by atoms with Crippen LogP contribution in [0.4, 0.5) is 11.6 Å². The smallest absolute Gasteiger partial charge is 0.258 e. The number of carbonyl (C=O) groups is 1. The minimum atomic E-state index is -0.280. The van der Waals surface area contributed by atoms with Crippen LogP contribution < -0.4 is 15.4 Å². The van der Waals surface area contributed by atoms with E-state index in [0.717, 1.165) is 11.3 Å². The predicted octanol–water partition coefficient (Wildman–Crippen LogP) is 3.58. The summed E-state index contributed by atoms with van der Waals surface area (Å²) >= 11 is 0. The van der Waals surface area contributed by atoms with E-state index in [4.69, 9.17) is 4.74 Å². The largest absolute Gasteiger partial charge is 0.497 e. The lowest BCUT2D eigenvalue weighted by atomic mass is 10.1. The normalized spacial score (nSPS) is 10.9. The number of nitrogens with one attached hydrogen (secondary N) is 2. The van der Waals surface area contributed by atoms with E-state index in [-0.39, 0.29) is 5.91 Å². The molecule has 0 saturated heterocycles. The summed E-state index contributed by atoms with van der Waals surface area (Å²) in [5.74, 6) is 1.56. The highest BCUT2D eigenvalue weighted by molar-refractivity contribution is 6.25. The van der Waals surface area contributed by atoms with Crippen molar-refractivity contribution in [1.82, 2.24) is 9.97 Å². The molecule has 3 rings (SSSR count). The van der Waals surface area contributed by atoms with E-state index in [2.05, 4.69) is 20.6 Å². The maximum atomic E-state index is 12.8. The van der Waals surface area contributed by atoms with Crippen LogP contribution >= 0.6 is 0 Å². The highest BCUT2D eigenvalue weighted by atomic mass is 16.5. The van der Waals surface area contributed by atoms with E-state index < -0.39 is 0 Å². The number of anilines is 2. The first kappa shape index (κ1) is 17.2. The number of pyridine rings is 2. The van der Waals surface area contributed by atoms with Crippen molar-refractivity contribution in [3.63, 3.8) is 0 Å². The second kappa shape index (κ2) is 8.43. The molecule has 6 nitrogen and oxygen atoms in total. The first-order valence-electron chi connectivity index (χ1n) is 8.01. The zero-order valence-electron chi connectivity index (χ0n) is 14.2. The molecule has 2 N–H and O–H groups in total. The van der Waals surface area contributed by atoms with Crippen molar-refractivity contribution in [2.24, 2.45) is 0 Å². The van der Waals surface area contributed by atoms with Crippen molar-refractivity contribution in [1.29, 1.82) is 0 Å². The molecule has 3 aromatic rings. The molecule has 0 fully saturated rings. The number of hydrogen-bond donors (Lipinski definition) is 2. The van der Waals surface area contributed by atoms with Gasteiger partial charge in [-0.3, -0.25) is 4.79 Å². The maximum Gasteiger partial charge on any atom is 0.258 e. The molecule has 0 aliphatic rings.